The van der Waals surface area contributed by atoms with Gasteiger partial charge in [0.2, 0.25) is 10.0 Å². The van der Waals surface area contributed by atoms with Gasteiger partial charge >= 0.3 is 0 Å². The van der Waals surface area contributed by atoms with Crippen LogP contribution in [-0.4, -0.2) is 69.8 Å². The van der Waals surface area contributed by atoms with Gasteiger partial charge in [0.05, 0.1) is 5.75 Å². The summed E-state index contributed by atoms with van der Waals surface area (Å²) in [6.45, 7) is 15.9. The first-order chi connectivity index (χ1) is 11.2. The normalized spacial score (nSPS) is 12.6. The summed E-state index contributed by atoms with van der Waals surface area (Å²) in [5, 5.41) is 6.33. The van der Waals surface area contributed by atoms with Crippen LogP contribution in [0.15, 0.2) is 4.99 Å². The molecule has 7 nitrogen and oxygen atoms in total. The average molecular weight is 491 g/mol. The number of aliphatic imine (C=N–C) groups is 1. The predicted molar refractivity (Wildman–Crippen MR) is 118 cm³/mol. The van der Waals surface area contributed by atoms with Crippen LogP contribution in [-0.2, 0) is 10.0 Å². The number of hydrogen-bond donors (Lipinski definition) is 3. The van der Waals surface area contributed by atoms with E-state index in [0.717, 1.165) is 32.0 Å². The molecule has 0 aromatic carbocycles. The highest BCUT2D eigenvalue weighted by atomic mass is 127. The topological polar surface area (TPSA) is 85.8 Å². The van der Waals surface area contributed by atoms with E-state index < -0.39 is 10.0 Å². The largest absolute Gasteiger partial charge is 0.357 e. The highest BCUT2D eigenvalue weighted by Gasteiger charge is 2.12. The third-order valence-corrected chi connectivity index (χ3v) is 5.04. The van der Waals surface area contributed by atoms with E-state index in [-0.39, 0.29) is 29.7 Å². The van der Waals surface area contributed by atoms with Crippen molar-refractivity contribution in [1.82, 2.24) is 20.3 Å². The Bertz CT molecular complexity index is 447. The van der Waals surface area contributed by atoms with E-state index in [4.69, 9.17) is 0 Å². The van der Waals surface area contributed by atoms with Crippen LogP contribution in [0.4, 0.5) is 0 Å². The zero-order chi connectivity index (χ0) is 18.6. The van der Waals surface area contributed by atoms with Crippen LogP contribution in [0.25, 0.3) is 0 Å². The third-order valence-electron chi connectivity index (χ3n) is 3.63. The van der Waals surface area contributed by atoms with Crippen molar-refractivity contribution in [2.24, 2.45) is 4.99 Å². The lowest BCUT2D eigenvalue weighted by Gasteiger charge is -2.30. The van der Waals surface area contributed by atoms with Crippen LogP contribution in [0.1, 0.15) is 48.0 Å². The number of sulfonamides is 1. The molecule has 0 aliphatic rings. The Morgan fingerprint density at radius 3 is 2.12 bits per heavy atom. The van der Waals surface area contributed by atoms with Crippen LogP contribution in [0.3, 0.4) is 0 Å². The Morgan fingerprint density at radius 2 is 1.64 bits per heavy atom. The molecule has 9 heteroatoms. The maximum atomic E-state index is 11.4. The lowest BCUT2D eigenvalue weighted by molar-refractivity contribution is 0.174. The number of rotatable bonds is 12. The van der Waals surface area contributed by atoms with Gasteiger partial charge in [0.25, 0.3) is 0 Å². The molecular formula is C16H38IN5O2S. The zero-order valence-electron chi connectivity index (χ0n) is 16.6. The monoisotopic (exact) mass is 491 g/mol. The van der Waals surface area contributed by atoms with E-state index in [1.165, 1.54) is 0 Å². The second-order valence-electron chi connectivity index (χ2n) is 6.26. The average Bonchev–Trinajstić information content (AvgIpc) is 2.50. The van der Waals surface area contributed by atoms with E-state index in [2.05, 4.69) is 52.9 Å². The number of guanidine groups is 1. The highest BCUT2D eigenvalue weighted by molar-refractivity contribution is 14.0. The van der Waals surface area contributed by atoms with Gasteiger partial charge in [-0.1, -0.05) is 0 Å². The summed E-state index contributed by atoms with van der Waals surface area (Å²) in [6.07, 6.45) is 0.995. The Morgan fingerprint density at radius 1 is 1.04 bits per heavy atom. The quantitative estimate of drug-likeness (QED) is 0.167. The number of halogens is 1. The number of nitrogens with one attached hydrogen (secondary N) is 3. The molecule has 152 valence electrons. The SMILES string of the molecule is CCNC(=NCCCN(C(C)C)C(C)C)NCCNS(=O)(=O)CC.I. The summed E-state index contributed by atoms with van der Waals surface area (Å²) in [7, 11) is -3.13. The standard InChI is InChI=1S/C16H37N5O2S.HI/c1-7-17-16(19-11-12-20-24(22,23)8-2)18-10-9-13-21(14(3)4)15(5)6;/h14-15,20H,7-13H2,1-6H3,(H2,17,18,19);1H. The van der Waals surface area contributed by atoms with Gasteiger partial charge in [-0.3, -0.25) is 9.89 Å². The molecule has 0 saturated heterocycles. The fourth-order valence-corrected chi connectivity index (χ4v) is 3.01. The molecule has 0 fully saturated rings. The maximum absolute atomic E-state index is 11.4. The first kappa shape index (κ1) is 27.1. The molecule has 0 heterocycles. The lowest BCUT2D eigenvalue weighted by Crippen LogP contribution is -2.42. The van der Waals surface area contributed by atoms with Crippen molar-refractivity contribution in [3.05, 3.63) is 0 Å². The fourth-order valence-electron chi connectivity index (χ4n) is 2.39. The molecule has 0 aliphatic heterocycles. The molecular weight excluding hydrogens is 453 g/mol. The van der Waals surface area contributed by atoms with Crippen molar-refractivity contribution in [3.63, 3.8) is 0 Å². The molecule has 0 spiro atoms. The van der Waals surface area contributed by atoms with Crippen LogP contribution < -0.4 is 15.4 Å². The van der Waals surface area contributed by atoms with Gasteiger partial charge in [-0.15, -0.1) is 24.0 Å². The molecule has 0 atom stereocenters. The Labute approximate surface area is 171 Å². The van der Waals surface area contributed by atoms with Crippen molar-refractivity contribution in [2.75, 3.05) is 38.5 Å². The van der Waals surface area contributed by atoms with Crippen molar-refractivity contribution in [3.8, 4) is 0 Å². The summed E-state index contributed by atoms with van der Waals surface area (Å²) in [4.78, 5) is 7.00. The van der Waals surface area contributed by atoms with Gasteiger partial charge < -0.3 is 10.6 Å². The molecule has 0 radical (unpaired) electrons. The van der Waals surface area contributed by atoms with E-state index in [9.17, 15) is 8.42 Å². The maximum Gasteiger partial charge on any atom is 0.211 e. The summed E-state index contributed by atoms with van der Waals surface area (Å²) in [6, 6.07) is 1.07. The van der Waals surface area contributed by atoms with Crippen LogP contribution in [0.2, 0.25) is 0 Å². The molecule has 0 aliphatic carbocycles. The van der Waals surface area contributed by atoms with Gasteiger partial charge in [-0.25, -0.2) is 13.1 Å². The molecule has 25 heavy (non-hydrogen) atoms. The summed E-state index contributed by atoms with van der Waals surface area (Å²) >= 11 is 0. The van der Waals surface area contributed by atoms with Crippen LogP contribution in [0.5, 0.6) is 0 Å². The lowest BCUT2D eigenvalue weighted by atomic mass is 10.2. The molecule has 0 bridgehead atoms. The summed E-state index contributed by atoms with van der Waals surface area (Å²) in [5.74, 6) is 0.831. The predicted octanol–water partition coefficient (Wildman–Crippen LogP) is 1.61. The Hall–Kier alpha value is -0.130. The fraction of sp³-hybridized carbons (Fsp3) is 0.938. The summed E-state index contributed by atoms with van der Waals surface area (Å²) in [5.41, 5.74) is 0. The van der Waals surface area contributed by atoms with Crippen molar-refractivity contribution < 1.29 is 8.42 Å². The van der Waals surface area contributed by atoms with E-state index in [1.807, 2.05) is 6.92 Å². The Balaban J connectivity index is 0. The molecule has 3 N–H and O–H groups in total. The summed E-state index contributed by atoms with van der Waals surface area (Å²) < 4.78 is 25.3. The van der Waals surface area contributed by atoms with Gasteiger partial charge in [0.1, 0.15) is 0 Å². The first-order valence-corrected chi connectivity index (χ1v) is 10.6. The molecule has 0 rings (SSSR count). The number of hydrogen-bond acceptors (Lipinski definition) is 4. The van der Waals surface area contributed by atoms with Crippen molar-refractivity contribution in [1.29, 1.82) is 0 Å². The van der Waals surface area contributed by atoms with Crippen molar-refractivity contribution >= 4 is 40.0 Å². The van der Waals surface area contributed by atoms with Gasteiger partial charge in [-0.05, 0) is 48.0 Å². The number of nitrogens with zero attached hydrogens (tertiary/aromatic N) is 2. The third kappa shape index (κ3) is 13.7. The highest BCUT2D eigenvalue weighted by Crippen LogP contribution is 2.05. The second-order valence-corrected chi connectivity index (χ2v) is 8.36. The second kappa shape index (κ2) is 15.0. The molecule has 0 unspecified atom stereocenters. The van der Waals surface area contributed by atoms with Gasteiger partial charge in [0, 0.05) is 44.8 Å². The smallest absolute Gasteiger partial charge is 0.211 e. The Kier molecular flexibility index (Phi) is 16.2. The van der Waals surface area contributed by atoms with E-state index in [1.54, 1.807) is 6.92 Å². The first-order valence-electron chi connectivity index (χ1n) is 8.98. The van der Waals surface area contributed by atoms with E-state index >= 15 is 0 Å². The zero-order valence-corrected chi connectivity index (χ0v) is 19.8. The minimum Gasteiger partial charge on any atom is -0.357 e. The van der Waals surface area contributed by atoms with Crippen molar-refractivity contribution in [2.45, 2.75) is 60.0 Å². The molecule has 0 amide bonds. The van der Waals surface area contributed by atoms with E-state index in [0.29, 0.717) is 25.2 Å². The minimum atomic E-state index is -3.13. The van der Waals surface area contributed by atoms with Gasteiger partial charge in [-0.2, -0.15) is 0 Å². The van der Waals surface area contributed by atoms with Crippen LogP contribution in [0, 0.1) is 0 Å². The molecule has 0 saturated carbocycles. The minimum absolute atomic E-state index is 0. The molecule has 0 aromatic rings. The molecule has 0 aromatic heterocycles. The van der Waals surface area contributed by atoms with Gasteiger partial charge in [0.15, 0.2) is 5.96 Å². The van der Waals surface area contributed by atoms with Crippen LogP contribution >= 0.6 is 24.0 Å².